The molecule has 0 heterocycles. The molecule has 0 bridgehead atoms. The largest absolute Gasteiger partial charge is 0.399 e. The second kappa shape index (κ2) is 4.20. The molecule has 7 heteroatoms. The summed E-state index contributed by atoms with van der Waals surface area (Å²) < 4.78 is 23.6. The first kappa shape index (κ1) is 12.0. The fraction of sp³-hybridized carbons (Fsp3) is 0.111. The Morgan fingerprint density at radius 3 is 2.25 bits per heavy atom. The molecule has 0 unspecified atom stereocenters. The lowest BCUT2D eigenvalue weighted by Gasteiger charge is -2.11. The zero-order valence-electron chi connectivity index (χ0n) is 8.41. The first-order valence-electron chi connectivity index (χ1n) is 4.21. The number of hydrogen-bond donors (Lipinski definition) is 1. The van der Waals surface area contributed by atoms with Gasteiger partial charge in [-0.1, -0.05) is 0 Å². The fourth-order valence-electron chi connectivity index (χ4n) is 1.04. The highest BCUT2D eigenvalue weighted by atomic mass is 32.2. The summed E-state index contributed by atoms with van der Waals surface area (Å²) in [6.45, 7) is 0.998. The molecule has 16 heavy (non-hydrogen) atoms. The van der Waals surface area contributed by atoms with Crippen molar-refractivity contribution in [2.75, 3.05) is 5.73 Å². The van der Waals surface area contributed by atoms with Crippen molar-refractivity contribution in [3.63, 3.8) is 0 Å². The molecule has 0 aromatic heterocycles. The molecule has 2 N–H and O–H groups in total. The van der Waals surface area contributed by atoms with Crippen LogP contribution in [0.3, 0.4) is 0 Å². The highest BCUT2D eigenvalue weighted by molar-refractivity contribution is 7.89. The van der Waals surface area contributed by atoms with E-state index in [1.54, 1.807) is 0 Å². The summed E-state index contributed by atoms with van der Waals surface area (Å²) in [4.78, 5) is 10.8. The van der Waals surface area contributed by atoms with Crippen molar-refractivity contribution in [3.8, 4) is 6.19 Å². The molecule has 0 fully saturated rings. The molecule has 84 valence electrons. The summed E-state index contributed by atoms with van der Waals surface area (Å²) >= 11 is 0. The minimum atomic E-state index is -4.10. The monoisotopic (exact) mass is 239 g/mol. The third-order valence-electron chi connectivity index (χ3n) is 1.80. The van der Waals surface area contributed by atoms with E-state index in [1.807, 2.05) is 0 Å². The van der Waals surface area contributed by atoms with Gasteiger partial charge in [-0.25, -0.2) is 0 Å². The maximum Gasteiger partial charge on any atom is 0.279 e. The van der Waals surface area contributed by atoms with Crippen LogP contribution in [-0.2, 0) is 14.8 Å². The standard InChI is InChI=1S/C9H9N3O3S/c1-7(13)12(6-10)16(14,15)9-4-2-8(11)3-5-9/h2-5H,11H2,1H3. The van der Waals surface area contributed by atoms with Crippen LogP contribution in [0.1, 0.15) is 6.92 Å². The van der Waals surface area contributed by atoms with E-state index in [0.29, 0.717) is 5.69 Å². The Morgan fingerprint density at radius 2 is 1.88 bits per heavy atom. The Hall–Kier alpha value is -2.07. The fourth-order valence-corrected chi connectivity index (χ4v) is 2.18. The highest BCUT2D eigenvalue weighted by Gasteiger charge is 2.26. The van der Waals surface area contributed by atoms with E-state index in [9.17, 15) is 13.2 Å². The number of nitrogen functional groups attached to an aromatic ring is 1. The third kappa shape index (κ3) is 2.12. The van der Waals surface area contributed by atoms with Crippen LogP contribution in [-0.4, -0.2) is 18.6 Å². The van der Waals surface area contributed by atoms with Gasteiger partial charge in [-0.05, 0) is 24.3 Å². The average Bonchev–Trinajstić information content (AvgIpc) is 2.18. The number of amides is 1. The predicted octanol–water partition coefficient (Wildman–Crippen LogP) is 0.287. The van der Waals surface area contributed by atoms with Crippen molar-refractivity contribution < 1.29 is 13.2 Å². The maximum absolute atomic E-state index is 11.8. The van der Waals surface area contributed by atoms with Crippen LogP contribution >= 0.6 is 0 Å². The van der Waals surface area contributed by atoms with Gasteiger partial charge in [0.1, 0.15) is 0 Å². The summed E-state index contributed by atoms with van der Waals surface area (Å²) in [6, 6.07) is 5.22. The topological polar surface area (TPSA) is 104 Å². The number of nitrogens with two attached hydrogens (primary N) is 1. The van der Waals surface area contributed by atoms with Gasteiger partial charge in [0.15, 0.2) is 0 Å². The number of hydrogen-bond acceptors (Lipinski definition) is 5. The Labute approximate surface area is 92.9 Å². The third-order valence-corrected chi connectivity index (χ3v) is 3.48. The van der Waals surface area contributed by atoms with Gasteiger partial charge in [-0.15, -0.1) is 4.31 Å². The van der Waals surface area contributed by atoms with Crippen LogP contribution in [0.25, 0.3) is 0 Å². The molecule has 0 saturated carbocycles. The van der Waals surface area contributed by atoms with Gasteiger partial charge in [0.25, 0.3) is 10.0 Å². The Morgan fingerprint density at radius 1 is 1.38 bits per heavy atom. The van der Waals surface area contributed by atoms with Crippen molar-refractivity contribution >= 4 is 21.6 Å². The van der Waals surface area contributed by atoms with Gasteiger partial charge in [-0.2, -0.15) is 13.7 Å². The summed E-state index contributed by atoms with van der Waals surface area (Å²) in [6.07, 6.45) is 1.32. The summed E-state index contributed by atoms with van der Waals surface area (Å²) in [5, 5.41) is 8.60. The van der Waals surface area contributed by atoms with Crippen molar-refractivity contribution in [1.82, 2.24) is 4.31 Å². The van der Waals surface area contributed by atoms with Gasteiger partial charge in [-0.3, -0.25) is 4.79 Å². The molecule has 1 aromatic rings. The molecule has 1 amide bonds. The predicted molar refractivity (Wildman–Crippen MR) is 56.2 cm³/mol. The Balaban J connectivity index is 3.27. The van der Waals surface area contributed by atoms with Crippen LogP contribution in [0.15, 0.2) is 29.2 Å². The molecule has 0 aliphatic carbocycles. The first-order chi connectivity index (χ1) is 7.39. The number of anilines is 1. The smallest absolute Gasteiger partial charge is 0.279 e. The number of rotatable bonds is 2. The van der Waals surface area contributed by atoms with E-state index in [0.717, 1.165) is 6.92 Å². The number of carbonyl (C=O) groups is 1. The molecule has 0 saturated heterocycles. The number of nitrogens with zero attached hydrogens (tertiary/aromatic N) is 2. The van der Waals surface area contributed by atoms with Gasteiger partial charge in [0, 0.05) is 12.6 Å². The van der Waals surface area contributed by atoms with Gasteiger partial charge in [0.05, 0.1) is 4.90 Å². The lowest BCUT2D eigenvalue weighted by Crippen LogP contribution is -2.30. The Bertz CT molecular complexity index is 542. The second-order valence-electron chi connectivity index (χ2n) is 2.96. The molecule has 6 nitrogen and oxygen atoms in total. The van der Waals surface area contributed by atoms with E-state index >= 15 is 0 Å². The number of benzene rings is 1. The SMILES string of the molecule is CC(=O)N(C#N)S(=O)(=O)c1ccc(N)cc1. The highest BCUT2D eigenvalue weighted by Crippen LogP contribution is 2.16. The number of nitriles is 1. The molecular weight excluding hydrogens is 230 g/mol. The minimum absolute atomic E-state index is 0.124. The zero-order valence-corrected chi connectivity index (χ0v) is 9.23. The molecule has 1 aromatic carbocycles. The lowest BCUT2D eigenvalue weighted by atomic mass is 10.3. The van der Waals surface area contributed by atoms with Crippen LogP contribution in [0, 0.1) is 11.5 Å². The molecule has 0 radical (unpaired) electrons. The summed E-state index contributed by atoms with van der Waals surface area (Å²) in [5.41, 5.74) is 5.79. The number of sulfonamides is 1. The summed E-state index contributed by atoms with van der Waals surface area (Å²) in [5.74, 6) is -0.862. The van der Waals surface area contributed by atoms with E-state index < -0.39 is 15.9 Å². The van der Waals surface area contributed by atoms with E-state index in [4.69, 9.17) is 11.0 Å². The zero-order chi connectivity index (χ0) is 12.3. The summed E-state index contributed by atoms with van der Waals surface area (Å²) in [7, 11) is -4.10. The van der Waals surface area contributed by atoms with Gasteiger partial charge >= 0.3 is 0 Å². The quantitative estimate of drug-likeness (QED) is 0.453. The first-order valence-corrected chi connectivity index (χ1v) is 5.65. The van der Waals surface area contributed by atoms with Crippen LogP contribution in [0.4, 0.5) is 5.69 Å². The molecule has 1 rings (SSSR count). The van der Waals surface area contributed by atoms with Crippen molar-refractivity contribution in [1.29, 1.82) is 5.26 Å². The molecule has 0 atom stereocenters. The Kier molecular flexibility index (Phi) is 3.15. The van der Waals surface area contributed by atoms with Crippen LogP contribution in [0.5, 0.6) is 0 Å². The van der Waals surface area contributed by atoms with E-state index in [2.05, 4.69) is 0 Å². The minimum Gasteiger partial charge on any atom is -0.399 e. The molecule has 0 aliphatic rings. The van der Waals surface area contributed by atoms with E-state index in [-0.39, 0.29) is 9.20 Å². The van der Waals surface area contributed by atoms with Crippen molar-refractivity contribution in [3.05, 3.63) is 24.3 Å². The van der Waals surface area contributed by atoms with Crippen molar-refractivity contribution in [2.45, 2.75) is 11.8 Å². The van der Waals surface area contributed by atoms with Gasteiger partial charge < -0.3 is 5.73 Å². The molecular formula is C9H9N3O3S. The normalized spacial score (nSPS) is 10.5. The second-order valence-corrected chi connectivity index (χ2v) is 4.74. The number of carbonyl (C=O) groups excluding carboxylic acids is 1. The molecule has 0 aliphatic heterocycles. The molecule has 0 spiro atoms. The van der Waals surface area contributed by atoms with Crippen LogP contribution < -0.4 is 5.73 Å². The van der Waals surface area contributed by atoms with Crippen molar-refractivity contribution in [2.24, 2.45) is 0 Å². The van der Waals surface area contributed by atoms with Crippen LogP contribution in [0.2, 0.25) is 0 Å². The lowest BCUT2D eigenvalue weighted by molar-refractivity contribution is -0.122. The maximum atomic E-state index is 11.8. The average molecular weight is 239 g/mol. The van der Waals surface area contributed by atoms with E-state index in [1.165, 1.54) is 30.5 Å². The van der Waals surface area contributed by atoms with Gasteiger partial charge in [0.2, 0.25) is 12.1 Å².